The lowest BCUT2D eigenvalue weighted by atomic mass is 10.1. The monoisotopic (exact) mass is 352 g/mol. The van der Waals surface area contributed by atoms with Crippen molar-refractivity contribution in [3.63, 3.8) is 0 Å². The Hall–Kier alpha value is -2.73. The molecule has 0 radical (unpaired) electrons. The highest BCUT2D eigenvalue weighted by molar-refractivity contribution is 5.97. The Labute approximate surface area is 153 Å². The molecule has 0 saturated carbocycles. The number of aromatic nitrogens is 2. The Kier molecular flexibility index (Phi) is 5.63. The van der Waals surface area contributed by atoms with Gasteiger partial charge in [-0.2, -0.15) is 0 Å². The number of amides is 1. The topological polar surface area (TPSA) is 69.6 Å². The van der Waals surface area contributed by atoms with Crippen LogP contribution in [0.4, 0.5) is 5.82 Å². The molecule has 1 aliphatic heterocycles. The number of nitrogens with zero attached hydrogens (tertiary/aromatic N) is 4. The van der Waals surface area contributed by atoms with Gasteiger partial charge in [-0.05, 0) is 31.6 Å². The van der Waals surface area contributed by atoms with Crippen molar-refractivity contribution in [3.05, 3.63) is 59.6 Å². The normalized spacial score (nSPS) is 16.5. The van der Waals surface area contributed by atoms with Crippen LogP contribution in [0.3, 0.4) is 0 Å². The van der Waals surface area contributed by atoms with E-state index in [-0.39, 0.29) is 5.91 Å². The summed E-state index contributed by atoms with van der Waals surface area (Å²) in [5.41, 5.74) is 1.77. The molecule has 1 aromatic heterocycles. The molecular weight excluding hydrogens is 328 g/mol. The van der Waals surface area contributed by atoms with Crippen molar-refractivity contribution in [2.75, 3.05) is 31.1 Å². The average molecular weight is 352 g/mol. The van der Waals surface area contributed by atoms with E-state index in [0.717, 1.165) is 17.0 Å². The molecule has 0 spiro atoms. The molecule has 1 amide bonds. The Morgan fingerprint density at radius 2 is 1.85 bits per heavy atom. The Balaban J connectivity index is 1.62. The van der Waals surface area contributed by atoms with E-state index in [1.54, 1.807) is 13.1 Å². The van der Waals surface area contributed by atoms with Crippen LogP contribution in [0, 0.1) is 0 Å². The Bertz CT molecular complexity index is 781. The molecule has 0 aliphatic carbocycles. The quantitative estimate of drug-likeness (QED) is 0.855. The van der Waals surface area contributed by atoms with Gasteiger partial charge in [-0.25, -0.2) is 9.97 Å². The summed E-state index contributed by atoms with van der Waals surface area (Å²) in [6, 6.07) is 11.7. The van der Waals surface area contributed by atoms with E-state index in [0.29, 0.717) is 32.0 Å². The van der Waals surface area contributed by atoms with Crippen molar-refractivity contribution in [1.29, 1.82) is 0 Å². The van der Waals surface area contributed by atoms with Crippen molar-refractivity contribution in [2.45, 2.75) is 20.0 Å². The predicted molar refractivity (Wildman–Crippen MR) is 102 cm³/mol. The molecule has 26 heavy (non-hydrogen) atoms. The van der Waals surface area contributed by atoms with Gasteiger partial charge in [0.05, 0.1) is 0 Å². The fourth-order valence-electron chi connectivity index (χ4n) is 2.99. The molecule has 1 aromatic carbocycles. The maximum absolute atomic E-state index is 12.7. The number of rotatable bonds is 4. The van der Waals surface area contributed by atoms with Crippen molar-refractivity contribution >= 4 is 17.8 Å². The molecule has 136 valence electrons. The van der Waals surface area contributed by atoms with E-state index in [9.17, 15) is 9.90 Å². The van der Waals surface area contributed by atoms with Crippen LogP contribution >= 0.6 is 0 Å². The number of benzene rings is 1. The number of piperazine rings is 1. The van der Waals surface area contributed by atoms with Gasteiger partial charge in [-0.1, -0.05) is 30.3 Å². The minimum Gasteiger partial charge on any atom is -0.385 e. The summed E-state index contributed by atoms with van der Waals surface area (Å²) < 4.78 is 0. The van der Waals surface area contributed by atoms with Crippen molar-refractivity contribution in [3.8, 4) is 0 Å². The number of hydrogen-bond acceptors (Lipinski definition) is 5. The lowest BCUT2D eigenvalue weighted by Gasteiger charge is -2.35. The maximum atomic E-state index is 12.7. The van der Waals surface area contributed by atoms with Crippen molar-refractivity contribution < 1.29 is 9.90 Å². The molecule has 0 bridgehead atoms. The third-order valence-electron chi connectivity index (χ3n) is 4.44. The maximum Gasteiger partial charge on any atom is 0.249 e. The van der Waals surface area contributed by atoms with Crippen LogP contribution in [0.15, 0.2) is 48.2 Å². The second-order valence-corrected chi connectivity index (χ2v) is 6.47. The molecule has 2 heterocycles. The highest BCUT2D eigenvalue weighted by Crippen LogP contribution is 2.17. The smallest absolute Gasteiger partial charge is 0.249 e. The standard InChI is InChI=1S/C20H24N4O2/c1-15(14-17-6-4-3-5-7-17)20(26)24-12-10-23(11-13-24)18-8-9-21-19(22-18)16(2)25/h3-9,14,16,25H,10-13H2,1-2H3/b15-14+/t16-/m1/s1. The summed E-state index contributed by atoms with van der Waals surface area (Å²) in [6.07, 6.45) is 2.89. The van der Waals surface area contributed by atoms with Crippen LogP contribution in [0.2, 0.25) is 0 Å². The number of aliphatic hydroxyl groups excluding tert-OH is 1. The second-order valence-electron chi connectivity index (χ2n) is 6.47. The predicted octanol–water partition coefficient (Wildman–Crippen LogP) is 2.28. The zero-order valence-corrected chi connectivity index (χ0v) is 15.2. The number of carbonyl (C=O) groups is 1. The molecule has 1 fully saturated rings. The summed E-state index contributed by atoms with van der Waals surface area (Å²) in [6.45, 7) is 6.22. The van der Waals surface area contributed by atoms with Crippen LogP contribution in [0.1, 0.15) is 31.3 Å². The van der Waals surface area contributed by atoms with Gasteiger partial charge >= 0.3 is 0 Å². The minimum absolute atomic E-state index is 0.0702. The highest BCUT2D eigenvalue weighted by Gasteiger charge is 2.23. The van der Waals surface area contributed by atoms with Crippen LogP contribution in [-0.2, 0) is 4.79 Å². The van der Waals surface area contributed by atoms with Gasteiger partial charge in [0.2, 0.25) is 5.91 Å². The first-order valence-electron chi connectivity index (χ1n) is 8.83. The molecular formula is C20H24N4O2. The molecule has 0 unspecified atom stereocenters. The van der Waals surface area contributed by atoms with Crippen LogP contribution in [0.5, 0.6) is 0 Å². The molecule has 1 N–H and O–H groups in total. The lowest BCUT2D eigenvalue weighted by molar-refractivity contribution is -0.127. The third kappa shape index (κ3) is 4.26. The average Bonchev–Trinajstić information content (AvgIpc) is 2.68. The van der Waals surface area contributed by atoms with Gasteiger partial charge in [0.25, 0.3) is 0 Å². The van der Waals surface area contributed by atoms with Crippen molar-refractivity contribution in [1.82, 2.24) is 14.9 Å². The van der Waals surface area contributed by atoms with Gasteiger partial charge in [-0.15, -0.1) is 0 Å². The van der Waals surface area contributed by atoms with E-state index in [4.69, 9.17) is 0 Å². The van der Waals surface area contributed by atoms with E-state index in [1.165, 1.54) is 0 Å². The SMILES string of the molecule is C/C(=C\c1ccccc1)C(=O)N1CCN(c2ccnc([C@@H](C)O)n2)CC1. The highest BCUT2D eigenvalue weighted by atomic mass is 16.3. The van der Waals surface area contributed by atoms with Crippen molar-refractivity contribution in [2.24, 2.45) is 0 Å². The fraction of sp³-hybridized carbons (Fsp3) is 0.350. The summed E-state index contributed by atoms with van der Waals surface area (Å²) in [5, 5.41) is 9.64. The number of anilines is 1. The van der Waals surface area contributed by atoms with E-state index in [2.05, 4.69) is 14.9 Å². The third-order valence-corrected chi connectivity index (χ3v) is 4.44. The van der Waals surface area contributed by atoms with E-state index in [1.807, 2.05) is 54.3 Å². The molecule has 1 aliphatic rings. The molecule has 6 nitrogen and oxygen atoms in total. The summed E-state index contributed by atoms with van der Waals surface area (Å²) in [7, 11) is 0. The molecule has 3 rings (SSSR count). The lowest BCUT2D eigenvalue weighted by Crippen LogP contribution is -2.49. The van der Waals surface area contributed by atoms with Gasteiger partial charge in [-0.3, -0.25) is 4.79 Å². The largest absolute Gasteiger partial charge is 0.385 e. The van der Waals surface area contributed by atoms with Gasteiger partial charge in [0.15, 0.2) is 5.82 Å². The molecule has 1 atom stereocenters. The molecule has 1 saturated heterocycles. The summed E-state index contributed by atoms with van der Waals surface area (Å²) in [4.78, 5) is 25.2. The zero-order chi connectivity index (χ0) is 18.5. The van der Waals surface area contributed by atoms with E-state index >= 15 is 0 Å². The van der Waals surface area contributed by atoms with Gasteiger partial charge < -0.3 is 14.9 Å². The van der Waals surface area contributed by atoms with Gasteiger partial charge in [0.1, 0.15) is 11.9 Å². The second kappa shape index (κ2) is 8.10. The fourth-order valence-corrected chi connectivity index (χ4v) is 2.99. The molecule has 6 heteroatoms. The number of carbonyl (C=O) groups excluding carboxylic acids is 1. The first-order valence-corrected chi connectivity index (χ1v) is 8.83. The summed E-state index contributed by atoms with van der Waals surface area (Å²) >= 11 is 0. The first-order chi connectivity index (χ1) is 12.5. The number of hydrogen-bond donors (Lipinski definition) is 1. The Morgan fingerprint density at radius 1 is 1.15 bits per heavy atom. The molecule has 2 aromatic rings. The first kappa shape index (κ1) is 18.1. The van der Waals surface area contributed by atoms with Crippen LogP contribution in [-0.4, -0.2) is 52.1 Å². The zero-order valence-electron chi connectivity index (χ0n) is 15.2. The summed E-state index contributed by atoms with van der Waals surface area (Å²) in [5.74, 6) is 1.28. The number of aliphatic hydroxyl groups is 1. The Morgan fingerprint density at radius 3 is 2.50 bits per heavy atom. The van der Waals surface area contributed by atoms with Gasteiger partial charge in [0, 0.05) is 37.9 Å². The van der Waals surface area contributed by atoms with Crippen LogP contribution in [0.25, 0.3) is 6.08 Å². The minimum atomic E-state index is -0.691. The van der Waals surface area contributed by atoms with Crippen LogP contribution < -0.4 is 4.90 Å². The van der Waals surface area contributed by atoms with E-state index < -0.39 is 6.10 Å².